The topological polar surface area (TPSA) is 29.3 Å². The molecule has 2 N–H and O–H groups in total. The molecule has 0 radical (unpaired) electrons. The highest BCUT2D eigenvalue weighted by atomic mass is 19.4. The summed E-state index contributed by atoms with van der Waals surface area (Å²) in [4.78, 5) is 1.28. The van der Waals surface area contributed by atoms with Crippen molar-refractivity contribution in [2.75, 3.05) is 13.6 Å². The SMILES string of the molecule is CC(N)C(N(C)CC(C)(C)C)C(F)(F)F. The van der Waals surface area contributed by atoms with Gasteiger partial charge in [0, 0.05) is 12.6 Å². The van der Waals surface area contributed by atoms with Gasteiger partial charge in [0.2, 0.25) is 0 Å². The van der Waals surface area contributed by atoms with Gasteiger partial charge in [-0.1, -0.05) is 20.8 Å². The summed E-state index contributed by atoms with van der Waals surface area (Å²) in [5.41, 5.74) is 5.21. The number of nitrogens with two attached hydrogens (primary N) is 1. The van der Waals surface area contributed by atoms with Gasteiger partial charge in [-0.2, -0.15) is 13.2 Å². The second-order valence-electron chi connectivity index (χ2n) is 5.32. The van der Waals surface area contributed by atoms with E-state index in [2.05, 4.69) is 0 Å². The smallest absolute Gasteiger partial charge is 0.326 e. The third kappa shape index (κ3) is 5.37. The molecule has 0 saturated carbocycles. The van der Waals surface area contributed by atoms with Gasteiger partial charge in [-0.25, -0.2) is 0 Å². The summed E-state index contributed by atoms with van der Waals surface area (Å²) in [6.07, 6.45) is -4.27. The Morgan fingerprint density at radius 3 is 1.80 bits per heavy atom. The molecule has 0 bridgehead atoms. The minimum atomic E-state index is -4.27. The van der Waals surface area contributed by atoms with Gasteiger partial charge in [0.1, 0.15) is 6.04 Å². The lowest BCUT2D eigenvalue weighted by Gasteiger charge is -2.36. The van der Waals surface area contributed by atoms with E-state index in [4.69, 9.17) is 5.73 Å². The molecule has 2 atom stereocenters. The van der Waals surface area contributed by atoms with Crippen LogP contribution >= 0.6 is 0 Å². The normalized spacial score (nSPS) is 18.0. The van der Waals surface area contributed by atoms with Gasteiger partial charge < -0.3 is 5.73 Å². The monoisotopic (exact) mass is 226 g/mol. The fourth-order valence-corrected chi connectivity index (χ4v) is 1.80. The van der Waals surface area contributed by atoms with Gasteiger partial charge in [0.05, 0.1) is 0 Å². The zero-order valence-electron chi connectivity index (χ0n) is 10.0. The maximum atomic E-state index is 12.7. The molecule has 15 heavy (non-hydrogen) atoms. The first-order chi connectivity index (χ1) is 6.45. The molecule has 0 rings (SSSR count). The summed E-state index contributed by atoms with van der Waals surface area (Å²) in [5.74, 6) is 0. The van der Waals surface area contributed by atoms with Crippen molar-refractivity contribution in [2.45, 2.75) is 46.0 Å². The molecular formula is C10H21F3N2. The van der Waals surface area contributed by atoms with Crippen LogP contribution in [0.5, 0.6) is 0 Å². The third-order valence-electron chi connectivity index (χ3n) is 2.03. The van der Waals surface area contributed by atoms with Crippen molar-refractivity contribution in [3.63, 3.8) is 0 Å². The molecular weight excluding hydrogens is 205 g/mol. The maximum Gasteiger partial charge on any atom is 0.405 e. The molecule has 92 valence electrons. The number of nitrogens with zero attached hydrogens (tertiary/aromatic N) is 1. The van der Waals surface area contributed by atoms with Crippen LogP contribution in [0, 0.1) is 5.41 Å². The van der Waals surface area contributed by atoms with Gasteiger partial charge in [0.15, 0.2) is 0 Å². The Morgan fingerprint density at radius 2 is 1.60 bits per heavy atom. The van der Waals surface area contributed by atoms with E-state index in [-0.39, 0.29) is 5.41 Å². The maximum absolute atomic E-state index is 12.7. The predicted molar refractivity (Wildman–Crippen MR) is 55.6 cm³/mol. The largest absolute Gasteiger partial charge is 0.405 e. The highest BCUT2D eigenvalue weighted by molar-refractivity contribution is 4.85. The molecule has 0 aliphatic heterocycles. The van der Waals surface area contributed by atoms with Crippen LogP contribution in [0.3, 0.4) is 0 Å². The molecule has 0 aliphatic rings. The molecule has 0 aromatic heterocycles. The summed E-state index contributed by atoms with van der Waals surface area (Å²) < 4.78 is 38.0. The number of rotatable bonds is 3. The van der Waals surface area contributed by atoms with Crippen molar-refractivity contribution in [3.8, 4) is 0 Å². The molecule has 2 unspecified atom stereocenters. The number of alkyl halides is 3. The van der Waals surface area contributed by atoms with E-state index in [1.807, 2.05) is 20.8 Å². The average Bonchev–Trinajstić information content (AvgIpc) is 1.74. The summed E-state index contributed by atoms with van der Waals surface area (Å²) in [5, 5.41) is 0. The fourth-order valence-electron chi connectivity index (χ4n) is 1.80. The average molecular weight is 226 g/mol. The van der Waals surface area contributed by atoms with Gasteiger partial charge in [0.25, 0.3) is 0 Å². The Labute approximate surface area is 89.6 Å². The molecule has 0 saturated heterocycles. The van der Waals surface area contributed by atoms with Crippen LogP contribution in [0.1, 0.15) is 27.7 Å². The Morgan fingerprint density at radius 1 is 1.20 bits per heavy atom. The molecule has 0 fully saturated rings. The molecule has 2 nitrogen and oxygen atoms in total. The zero-order chi connectivity index (χ0) is 12.4. The summed E-state index contributed by atoms with van der Waals surface area (Å²) >= 11 is 0. The highest BCUT2D eigenvalue weighted by Crippen LogP contribution is 2.28. The quantitative estimate of drug-likeness (QED) is 0.799. The first-order valence-electron chi connectivity index (χ1n) is 4.97. The van der Waals surface area contributed by atoms with Gasteiger partial charge in [-0.3, -0.25) is 4.90 Å². The van der Waals surface area contributed by atoms with E-state index in [0.717, 1.165) is 0 Å². The van der Waals surface area contributed by atoms with Crippen molar-refractivity contribution in [3.05, 3.63) is 0 Å². The number of hydrogen-bond donors (Lipinski definition) is 1. The molecule has 0 spiro atoms. The fraction of sp³-hybridized carbons (Fsp3) is 1.00. The summed E-state index contributed by atoms with van der Waals surface area (Å²) in [6.45, 7) is 7.45. The first-order valence-corrected chi connectivity index (χ1v) is 4.97. The van der Waals surface area contributed by atoms with Crippen molar-refractivity contribution >= 4 is 0 Å². The summed E-state index contributed by atoms with van der Waals surface area (Å²) in [6, 6.07) is -2.49. The molecule has 0 aromatic carbocycles. The van der Waals surface area contributed by atoms with Crippen LogP contribution < -0.4 is 5.73 Å². The van der Waals surface area contributed by atoms with Gasteiger partial charge in [-0.15, -0.1) is 0 Å². The molecule has 0 aromatic rings. The van der Waals surface area contributed by atoms with Crippen LogP contribution in [0.2, 0.25) is 0 Å². The minimum Gasteiger partial charge on any atom is -0.326 e. The number of hydrogen-bond acceptors (Lipinski definition) is 2. The van der Waals surface area contributed by atoms with E-state index >= 15 is 0 Å². The van der Waals surface area contributed by atoms with Crippen molar-refractivity contribution < 1.29 is 13.2 Å². The molecule has 5 heteroatoms. The van der Waals surface area contributed by atoms with E-state index in [9.17, 15) is 13.2 Å². The van der Waals surface area contributed by atoms with Crippen LogP contribution in [-0.2, 0) is 0 Å². The Kier molecular flexibility index (Phi) is 4.61. The van der Waals surface area contributed by atoms with Crippen LogP contribution in [-0.4, -0.2) is 36.8 Å². The predicted octanol–water partition coefficient (Wildman–Crippen LogP) is 2.24. The van der Waals surface area contributed by atoms with E-state index < -0.39 is 18.3 Å². The van der Waals surface area contributed by atoms with Crippen molar-refractivity contribution in [1.82, 2.24) is 4.90 Å². The summed E-state index contributed by atoms with van der Waals surface area (Å²) in [7, 11) is 1.47. The third-order valence-corrected chi connectivity index (χ3v) is 2.03. The van der Waals surface area contributed by atoms with Crippen molar-refractivity contribution in [2.24, 2.45) is 11.1 Å². The lowest BCUT2D eigenvalue weighted by atomic mass is 9.94. The van der Waals surface area contributed by atoms with Crippen LogP contribution in [0.15, 0.2) is 0 Å². The second kappa shape index (κ2) is 4.70. The Hall–Kier alpha value is -0.290. The lowest BCUT2D eigenvalue weighted by Crippen LogP contribution is -2.55. The van der Waals surface area contributed by atoms with Crippen LogP contribution in [0.4, 0.5) is 13.2 Å². The van der Waals surface area contributed by atoms with Crippen LogP contribution in [0.25, 0.3) is 0 Å². The van der Waals surface area contributed by atoms with E-state index in [0.29, 0.717) is 6.54 Å². The van der Waals surface area contributed by atoms with Gasteiger partial charge in [-0.05, 0) is 19.4 Å². The molecule has 0 amide bonds. The molecule has 0 aliphatic carbocycles. The van der Waals surface area contributed by atoms with Gasteiger partial charge >= 0.3 is 6.18 Å². The van der Waals surface area contributed by atoms with Crippen molar-refractivity contribution in [1.29, 1.82) is 0 Å². The first kappa shape index (κ1) is 14.7. The standard InChI is InChI=1S/C10H21F3N2/c1-7(14)8(10(11,12)13)15(5)6-9(2,3)4/h7-8H,6,14H2,1-5H3. The van der Waals surface area contributed by atoms with E-state index in [1.54, 1.807) is 0 Å². The zero-order valence-corrected chi connectivity index (χ0v) is 10.0. The number of halogens is 3. The Bertz CT molecular complexity index is 194. The van der Waals surface area contributed by atoms with E-state index in [1.165, 1.54) is 18.9 Å². The Balaban J connectivity index is 4.66. The lowest BCUT2D eigenvalue weighted by molar-refractivity contribution is -0.187. The second-order valence-corrected chi connectivity index (χ2v) is 5.32. The minimum absolute atomic E-state index is 0.173. The highest BCUT2D eigenvalue weighted by Gasteiger charge is 2.45. The molecule has 0 heterocycles. The number of likely N-dealkylation sites (N-methyl/N-ethyl adjacent to an activating group) is 1.